The largest absolute Gasteiger partial charge is 0.457 e. The van der Waals surface area contributed by atoms with Crippen molar-refractivity contribution in [3.05, 3.63) is 113 Å². The van der Waals surface area contributed by atoms with Gasteiger partial charge < -0.3 is 34.3 Å². The van der Waals surface area contributed by atoms with Gasteiger partial charge in [-0.1, -0.05) is 19.1 Å². The van der Waals surface area contributed by atoms with Gasteiger partial charge in [0.05, 0.1) is 31.8 Å². The second kappa shape index (κ2) is 14.3. The molecule has 4 heterocycles. The number of rotatable bonds is 6. The van der Waals surface area contributed by atoms with Crippen molar-refractivity contribution in [1.82, 2.24) is 25.5 Å². The quantitative estimate of drug-likeness (QED) is 0.258. The molecule has 3 aromatic carbocycles. The number of para-hydroxylation sites is 2. The number of carbonyl (C=O) groups excluding carboxylic acids is 3. The van der Waals surface area contributed by atoms with Crippen molar-refractivity contribution < 1.29 is 32.7 Å². The third-order valence-electron chi connectivity index (χ3n) is 8.53. The Hall–Kier alpha value is -5.82. The van der Waals surface area contributed by atoms with Crippen LogP contribution in [0.2, 0.25) is 0 Å². The van der Waals surface area contributed by atoms with Crippen LogP contribution >= 0.6 is 0 Å². The summed E-state index contributed by atoms with van der Waals surface area (Å²) in [5.74, 6) is -1.52. The Bertz CT molecular complexity index is 2000. The number of ether oxygens (including phenoxy) is 2. The zero-order chi connectivity index (χ0) is 34.6. The smallest absolute Gasteiger partial charge is 0.298 e. The number of aromatic nitrogens is 2. The van der Waals surface area contributed by atoms with Crippen LogP contribution in [0.15, 0.2) is 89.6 Å². The first-order valence-corrected chi connectivity index (χ1v) is 16.4. The molecule has 2 aliphatic rings. The van der Waals surface area contributed by atoms with Gasteiger partial charge in [0.2, 0.25) is 5.91 Å². The van der Waals surface area contributed by atoms with E-state index in [1.807, 2.05) is 36.1 Å². The van der Waals surface area contributed by atoms with E-state index in [4.69, 9.17) is 13.9 Å². The normalized spacial score (nSPS) is 18.0. The highest BCUT2D eigenvalue weighted by molar-refractivity contribution is 6.01. The van der Waals surface area contributed by atoms with Gasteiger partial charge in [-0.05, 0) is 72.1 Å². The SMILES string of the molecule is CCCN1CC(=O)N[C@@H]2CN(c3nc4ccccc4o3)C[C@H]2OCc2cc(F)cc(c2)Oc2cc(C(=O)NCc3ccncc3)cc(c2)C1=O. The highest BCUT2D eigenvalue weighted by Crippen LogP contribution is 2.30. The molecule has 5 aromatic rings. The fourth-order valence-electron chi connectivity index (χ4n) is 6.16. The van der Waals surface area contributed by atoms with Gasteiger partial charge in [-0.25, -0.2) is 4.39 Å². The summed E-state index contributed by atoms with van der Waals surface area (Å²) < 4.78 is 33.3. The van der Waals surface area contributed by atoms with Crippen LogP contribution in [-0.4, -0.2) is 70.9 Å². The van der Waals surface area contributed by atoms with E-state index in [1.165, 1.54) is 35.2 Å². The fraction of sp³-hybridized carbons (Fsp3) is 0.270. The Morgan fingerprint density at radius 3 is 2.66 bits per heavy atom. The summed E-state index contributed by atoms with van der Waals surface area (Å²) >= 11 is 0. The maximum atomic E-state index is 14.9. The Balaban J connectivity index is 1.20. The van der Waals surface area contributed by atoms with E-state index in [9.17, 15) is 18.8 Å². The summed E-state index contributed by atoms with van der Waals surface area (Å²) in [6.45, 7) is 2.91. The van der Waals surface area contributed by atoms with Crippen LogP contribution in [0.1, 0.15) is 45.2 Å². The zero-order valence-electron chi connectivity index (χ0n) is 27.3. The standard InChI is InChI=1S/C37H35FN6O6/c1-2-11-43-21-34(45)41-31-19-44(37-42-30-5-3-4-6-32(30)50-37)20-33(31)48-22-24-12-27(38)17-28(13-24)49-29-15-25(14-26(16-29)36(43)47)35(46)40-18-23-7-9-39-10-8-23/h3-10,12-17,31,33H,2,11,18-22H2,1H3,(H,40,46)(H,41,45)/t31-,33-/m1/s1. The number of pyridine rings is 1. The topological polar surface area (TPSA) is 139 Å². The molecule has 12 nitrogen and oxygen atoms in total. The Morgan fingerprint density at radius 1 is 1.02 bits per heavy atom. The van der Waals surface area contributed by atoms with Crippen LogP contribution in [0.4, 0.5) is 10.4 Å². The van der Waals surface area contributed by atoms with Crippen molar-refractivity contribution in [3.8, 4) is 11.5 Å². The van der Waals surface area contributed by atoms with E-state index in [1.54, 1.807) is 30.6 Å². The third kappa shape index (κ3) is 7.42. The molecule has 0 saturated carbocycles. The van der Waals surface area contributed by atoms with Gasteiger partial charge in [0.15, 0.2) is 5.58 Å². The molecule has 13 heteroatoms. The van der Waals surface area contributed by atoms with Crippen molar-refractivity contribution in [3.63, 3.8) is 0 Å². The zero-order valence-corrected chi connectivity index (χ0v) is 27.3. The number of hydrogen-bond donors (Lipinski definition) is 2. The maximum Gasteiger partial charge on any atom is 0.298 e. The molecular formula is C37H35FN6O6. The van der Waals surface area contributed by atoms with Crippen molar-refractivity contribution in [1.29, 1.82) is 0 Å². The molecule has 2 aliphatic heterocycles. The molecule has 0 aliphatic carbocycles. The summed E-state index contributed by atoms with van der Waals surface area (Å²) in [7, 11) is 0. The summed E-state index contributed by atoms with van der Waals surface area (Å²) in [5, 5.41) is 5.91. The second-order valence-electron chi connectivity index (χ2n) is 12.3. The lowest BCUT2D eigenvalue weighted by Gasteiger charge is -2.25. The Labute approximate surface area is 287 Å². The van der Waals surface area contributed by atoms with Crippen LogP contribution in [0, 0.1) is 5.82 Å². The number of anilines is 1. The van der Waals surface area contributed by atoms with Crippen molar-refractivity contribution >= 4 is 34.8 Å². The molecule has 4 bridgehead atoms. The van der Waals surface area contributed by atoms with Crippen molar-refractivity contribution in [2.75, 3.05) is 31.1 Å². The minimum Gasteiger partial charge on any atom is -0.457 e. The van der Waals surface area contributed by atoms with Gasteiger partial charge >= 0.3 is 0 Å². The molecule has 0 unspecified atom stereocenters. The number of benzene rings is 3. The first-order valence-electron chi connectivity index (χ1n) is 16.4. The molecule has 0 radical (unpaired) electrons. The number of nitrogens with one attached hydrogen (secondary N) is 2. The highest BCUT2D eigenvalue weighted by atomic mass is 19.1. The van der Waals surface area contributed by atoms with E-state index in [0.717, 1.165) is 5.56 Å². The van der Waals surface area contributed by atoms with Crippen LogP contribution < -0.4 is 20.3 Å². The molecule has 50 heavy (non-hydrogen) atoms. The van der Waals surface area contributed by atoms with E-state index < -0.39 is 29.8 Å². The maximum absolute atomic E-state index is 14.9. The minimum atomic E-state index is -0.553. The van der Waals surface area contributed by atoms with E-state index in [-0.39, 0.29) is 54.8 Å². The van der Waals surface area contributed by atoms with E-state index >= 15 is 0 Å². The van der Waals surface area contributed by atoms with Crippen molar-refractivity contribution in [2.45, 2.75) is 38.6 Å². The summed E-state index contributed by atoms with van der Waals surface area (Å²) in [4.78, 5) is 52.9. The lowest BCUT2D eigenvalue weighted by Crippen LogP contribution is -2.49. The average molecular weight is 679 g/mol. The molecule has 1 fully saturated rings. The van der Waals surface area contributed by atoms with Gasteiger partial charge in [-0.15, -0.1) is 0 Å². The predicted molar refractivity (Wildman–Crippen MR) is 181 cm³/mol. The summed E-state index contributed by atoms with van der Waals surface area (Å²) in [5.41, 5.74) is 2.98. The number of fused-ring (bicyclic) bond motifs is 6. The van der Waals surface area contributed by atoms with Crippen LogP contribution in [0.25, 0.3) is 11.1 Å². The monoisotopic (exact) mass is 678 g/mol. The predicted octanol–water partition coefficient (Wildman–Crippen LogP) is 4.84. The van der Waals surface area contributed by atoms with Gasteiger partial charge in [0, 0.05) is 49.2 Å². The highest BCUT2D eigenvalue weighted by Gasteiger charge is 2.37. The first-order chi connectivity index (χ1) is 24.3. The molecular weight excluding hydrogens is 643 g/mol. The number of nitrogens with zero attached hydrogens (tertiary/aromatic N) is 4. The third-order valence-corrected chi connectivity index (χ3v) is 8.53. The molecule has 0 spiro atoms. The molecule has 1 saturated heterocycles. The number of hydrogen-bond acceptors (Lipinski definition) is 9. The van der Waals surface area contributed by atoms with E-state index in [0.29, 0.717) is 42.2 Å². The molecule has 7 rings (SSSR count). The van der Waals surface area contributed by atoms with Crippen LogP contribution in [-0.2, 0) is 22.7 Å². The first kappa shape index (κ1) is 32.7. The van der Waals surface area contributed by atoms with Gasteiger partial charge in [-0.3, -0.25) is 19.4 Å². The average Bonchev–Trinajstić information content (AvgIpc) is 3.73. The van der Waals surface area contributed by atoms with Crippen molar-refractivity contribution in [2.24, 2.45) is 0 Å². The van der Waals surface area contributed by atoms with Crippen LogP contribution in [0.3, 0.4) is 0 Å². The lowest BCUT2D eigenvalue weighted by atomic mass is 10.1. The number of oxazole rings is 1. The Morgan fingerprint density at radius 2 is 1.84 bits per heavy atom. The minimum absolute atomic E-state index is 0.0235. The lowest BCUT2D eigenvalue weighted by molar-refractivity contribution is -0.123. The number of carbonyl (C=O) groups is 3. The Kier molecular flexibility index (Phi) is 9.39. The molecule has 256 valence electrons. The summed E-state index contributed by atoms with van der Waals surface area (Å²) in [6.07, 6.45) is 3.33. The second-order valence-corrected chi connectivity index (χ2v) is 12.3. The van der Waals surface area contributed by atoms with Gasteiger partial charge in [0.25, 0.3) is 17.8 Å². The fourth-order valence-corrected chi connectivity index (χ4v) is 6.16. The molecule has 2 N–H and O–H groups in total. The summed E-state index contributed by atoms with van der Waals surface area (Å²) in [6, 6.07) is 19.5. The number of amides is 3. The van der Waals surface area contributed by atoms with Gasteiger partial charge in [0.1, 0.15) is 22.8 Å². The number of halogens is 1. The molecule has 2 atom stereocenters. The van der Waals surface area contributed by atoms with Gasteiger partial charge in [-0.2, -0.15) is 4.98 Å². The molecule has 2 aromatic heterocycles. The molecule has 3 amide bonds. The van der Waals surface area contributed by atoms with E-state index in [2.05, 4.69) is 20.6 Å². The van der Waals surface area contributed by atoms with Crippen LogP contribution in [0.5, 0.6) is 11.5 Å².